The van der Waals surface area contributed by atoms with Gasteiger partial charge in [0, 0.05) is 19.2 Å². The van der Waals surface area contributed by atoms with Crippen LogP contribution >= 0.6 is 12.2 Å². The van der Waals surface area contributed by atoms with Crippen molar-refractivity contribution < 1.29 is 4.74 Å². The van der Waals surface area contributed by atoms with E-state index in [-0.39, 0.29) is 0 Å². The quantitative estimate of drug-likeness (QED) is 0.731. The van der Waals surface area contributed by atoms with Crippen LogP contribution in [0, 0.1) is 11.6 Å². The zero-order chi connectivity index (χ0) is 9.14. The molecule has 1 heterocycles. The predicted molar refractivity (Wildman–Crippen MR) is 50.7 cm³/mol. The highest BCUT2D eigenvalue weighted by Gasteiger charge is 2.03. The Balaban J connectivity index is 2.86. The molecule has 1 rings (SSSR count). The SMILES string of the molecule is CCOCc1[nH]n(C)c(=S)c1C. The van der Waals surface area contributed by atoms with Gasteiger partial charge in [0.2, 0.25) is 0 Å². The zero-order valence-corrected chi connectivity index (χ0v) is 8.49. The Hall–Kier alpha value is -0.610. The average Bonchev–Trinajstić information content (AvgIpc) is 2.30. The summed E-state index contributed by atoms with van der Waals surface area (Å²) in [6.45, 7) is 5.34. The number of H-pyrrole nitrogens is 1. The van der Waals surface area contributed by atoms with Crippen molar-refractivity contribution >= 4 is 12.2 Å². The van der Waals surface area contributed by atoms with E-state index in [0.717, 1.165) is 22.5 Å². The fourth-order valence-corrected chi connectivity index (χ4v) is 1.23. The predicted octanol–water partition coefficient (Wildman–Crippen LogP) is 1.93. The Labute approximate surface area is 77.3 Å². The number of nitrogens with zero attached hydrogens (tertiary/aromatic N) is 1. The van der Waals surface area contributed by atoms with Gasteiger partial charge in [-0.25, -0.2) is 0 Å². The Kier molecular flexibility index (Phi) is 3.05. The van der Waals surface area contributed by atoms with Crippen LogP contribution in [0.4, 0.5) is 0 Å². The van der Waals surface area contributed by atoms with E-state index in [1.54, 1.807) is 0 Å². The summed E-state index contributed by atoms with van der Waals surface area (Å²) in [4.78, 5) is 0. The van der Waals surface area contributed by atoms with E-state index in [9.17, 15) is 0 Å². The van der Waals surface area contributed by atoms with Crippen molar-refractivity contribution in [3.63, 3.8) is 0 Å². The fourth-order valence-electron chi connectivity index (χ4n) is 1.06. The van der Waals surface area contributed by atoms with Gasteiger partial charge in [-0.1, -0.05) is 12.2 Å². The molecule has 0 aliphatic carbocycles. The first-order chi connectivity index (χ1) is 5.66. The highest BCUT2D eigenvalue weighted by molar-refractivity contribution is 7.71. The minimum absolute atomic E-state index is 0.618. The molecule has 1 aromatic heterocycles. The van der Waals surface area contributed by atoms with Gasteiger partial charge in [-0.3, -0.25) is 9.78 Å². The van der Waals surface area contributed by atoms with Crippen LogP contribution < -0.4 is 0 Å². The van der Waals surface area contributed by atoms with Crippen molar-refractivity contribution in [2.24, 2.45) is 7.05 Å². The van der Waals surface area contributed by atoms with Gasteiger partial charge in [0.25, 0.3) is 0 Å². The molecular weight excluding hydrogens is 172 g/mol. The van der Waals surface area contributed by atoms with Crippen molar-refractivity contribution in [3.8, 4) is 0 Å². The second-order valence-corrected chi connectivity index (χ2v) is 3.10. The van der Waals surface area contributed by atoms with Crippen LogP contribution in [-0.4, -0.2) is 16.4 Å². The molecule has 0 radical (unpaired) electrons. The van der Waals surface area contributed by atoms with E-state index in [4.69, 9.17) is 17.0 Å². The lowest BCUT2D eigenvalue weighted by Crippen LogP contribution is -1.95. The first-order valence-electron chi connectivity index (χ1n) is 3.99. The molecule has 0 amide bonds. The molecule has 0 saturated carbocycles. The molecule has 0 saturated heterocycles. The number of hydrogen-bond donors (Lipinski definition) is 1. The molecule has 0 fully saturated rings. The van der Waals surface area contributed by atoms with Gasteiger partial charge >= 0.3 is 0 Å². The summed E-state index contributed by atoms with van der Waals surface area (Å²) < 4.78 is 7.96. The number of ether oxygens (including phenoxy) is 1. The van der Waals surface area contributed by atoms with E-state index in [1.807, 2.05) is 25.6 Å². The third-order valence-electron chi connectivity index (χ3n) is 1.83. The van der Waals surface area contributed by atoms with Crippen molar-refractivity contribution in [1.82, 2.24) is 9.78 Å². The Morgan fingerprint density at radius 2 is 2.25 bits per heavy atom. The minimum Gasteiger partial charge on any atom is -0.375 e. The summed E-state index contributed by atoms with van der Waals surface area (Å²) in [5.74, 6) is 0. The van der Waals surface area contributed by atoms with E-state index in [2.05, 4.69) is 5.10 Å². The van der Waals surface area contributed by atoms with E-state index in [1.165, 1.54) is 0 Å². The largest absolute Gasteiger partial charge is 0.375 e. The number of aryl methyl sites for hydroxylation is 1. The number of aromatic nitrogens is 2. The van der Waals surface area contributed by atoms with Crippen molar-refractivity contribution in [2.75, 3.05) is 6.61 Å². The monoisotopic (exact) mass is 186 g/mol. The van der Waals surface area contributed by atoms with Crippen LogP contribution in [0.5, 0.6) is 0 Å². The average molecular weight is 186 g/mol. The molecular formula is C8H14N2OS. The van der Waals surface area contributed by atoms with Crippen molar-refractivity contribution in [2.45, 2.75) is 20.5 Å². The van der Waals surface area contributed by atoms with Crippen LogP contribution in [0.1, 0.15) is 18.2 Å². The first kappa shape index (κ1) is 9.48. The maximum atomic E-state index is 5.28. The number of hydrogen-bond acceptors (Lipinski definition) is 2. The molecule has 68 valence electrons. The summed E-state index contributed by atoms with van der Waals surface area (Å²) in [7, 11) is 1.91. The summed E-state index contributed by atoms with van der Waals surface area (Å²) in [6.07, 6.45) is 0. The van der Waals surface area contributed by atoms with Crippen LogP contribution in [-0.2, 0) is 18.4 Å². The molecule has 4 heteroatoms. The lowest BCUT2D eigenvalue weighted by atomic mass is 10.3. The summed E-state index contributed by atoms with van der Waals surface area (Å²) in [5, 5.41) is 3.13. The molecule has 0 aromatic carbocycles. The molecule has 0 aliphatic rings. The molecule has 0 aliphatic heterocycles. The van der Waals surface area contributed by atoms with Gasteiger partial charge in [0.05, 0.1) is 12.3 Å². The van der Waals surface area contributed by atoms with E-state index < -0.39 is 0 Å². The molecule has 0 atom stereocenters. The van der Waals surface area contributed by atoms with Gasteiger partial charge in [-0.2, -0.15) is 0 Å². The Morgan fingerprint density at radius 1 is 1.58 bits per heavy atom. The molecule has 0 spiro atoms. The summed E-state index contributed by atoms with van der Waals surface area (Å²) >= 11 is 5.14. The smallest absolute Gasteiger partial charge is 0.124 e. The van der Waals surface area contributed by atoms with Crippen LogP contribution in [0.3, 0.4) is 0 Å². The van der Waals surface area contributed by atoms with Crippen LogP contribution in [0.25, 0.3) is 0 Å². The zero-order valence-electron chi connectivity index (χ0n) is 7.68. The van der Waals surface area contributed by atoms with Crippen LogP contribution in [0.15, 0.2) is 0 Å². The normalized spacial score (nSPS) is 10.6. The molecule has 1 aromatic rings. The van der Waals surface area contributed by atoms with Gasteiger partial charge in [0.1, 0.15) is 4.64 Å². The Bertz CT molecular complexity index is 313. The third-order valence-corrected chi connectivity index (χ3v) is 2.41. The van der Waals surface area contributed by atoms with Crippen LogP contribution in [0.2, 0.25) is 0 Å². The minimum atomic E-state index is 0.618. The van der Waals surface area contributed by atoms with Gasteiger partial charge in [-0.15, -0.1) is 0 Å². The lowest BCUT2D eigenvalue weighted by Gasteiger charge is -1.98. The van der Waals surface area contributed by atoms with E-state index >= 15 is 0 Å². The Morgan fingerprint density at radius 3 is 2.67 bits per heavy atom. The molecule has 12 heavy (non-hydrogen) atoms. The number of nitrogens with one attached hydrogen (secondary N) is 1. The highest BCUT2D eigenvalue weighted by atomic mass is 32.1. The topological polar surface area (TPSA) is 29.9 Å². The maximum absolute atomic E-state index is 5.28. The highest BCUT2D eigenvalue weighted by Crippen LogP contribution is 2.08. The standard InChI is InChI=1S/C8H14N2OS/c1-4-11-5-7-6(2)8(12)10(3)9-7/h9H,4-5H2,1-3H3. The maximum Gasteiger partial charge on any atom is 0.124 e. The number of rotatable bonds is 3. The second kappa shape index (κ2) is 3.87. The third kappa shape index (κ3) is 1.76. The van der Waals surface area contributed by atoms with Crippen molar-refractivity contribution in [3.05, 3.63) is 15.9 Å². The molecule has 0 bridgehead atoms. The van der Waals surface area contributed by atoms with Gasteiger partial charge in [0.15, 0.2) is 0 Å². The van der Waals surface area contributed by atoms with Gasteiger partial charge < -0.3 is 4.74 Å². The van der Waals surface area contributed by atoms with Crippen molar-refractivity contribution in [1.29, 1.82) is 0 Å². The molecule has 0 unspecified atom stereocenters. The first-order valence-corrected chi connectivity index (χ1v) is 4.39. The molecule has 3 nitrogen and oxygen atoms in total. The number of aromatic amines is 1. The second-order valence-electron chi connectivity index (χ2n) is 2.72. The molecule has 1 N–H and O–H groups in total. The van der Waals surface area contributed by atoms with E-state index in [0.29, 0.717) is 6.61 Å². The lowest BCUT2D eigenvalue weighted by molar-refractivity contribution is 0.130. The summed E-state index contributed by atoms with van der Waals surface area (Å²) in [6, 6.07) is 0. The van der Waals surface area contributed by atoms with Gasteiger partial charge in [-0.05, 0) is 13.8 Å². The summed E-state index contributed by atoms with van der Waals surface area (Å²) in [5.41, 5.74) is 2.19. The fraction of sp³-hybridized carbons (Fsp3) is 0.625.